The topological polar surface area (TPSA) is 0 Å². The molecular formula is C46H34. The first-order chi connectivity index (χ1) is 22.5. The molecule has 0 saturated heterocycles. The van der Waals surface area contributed by atoms with Gasteiger partial charge in [-0.05, 0) is 101 Å². The van der Waals surface area contributed by atoms with Gasteiger partial charge in [-0.15, -0.1) is 0 Å². The molecule has 0 unspecified atom stereocenters. The Kier molecular flexibility index (Phi) is 5.86. The summed E-state index contributed by atoms with van der Waals surface area (Å²) in [5.41, 5.74) is 14.4. The molecule has 9 rings (SSSR count). The second-order valence-corrected chi connectivity index (χ2v) is 13.4. The van der Waals surface area contributed by atoms with Crippen molar-refractivity contribution in [1.82, 2.24) is 0 Å². The van der Waals surface area contributed by atoms with Gasteiger partial charge in [0.15, 0.2) is 0 Å². The van der Waals surface area contributed by atoms with Crippen molar-refractivity contribution < 1.29 is 0 Å². The van der Waals surface area contributed by atoms with Crippen molar-refractivity contribution in [2.24, 2.45) is 0 Å². The fourth-order valence-electron chi connectivity index (χ4n) is 8.05. The van der Waals surface area contributed by atoms with E-state index in [9.17, 15) is 0 Å². The Balaban J connectivity index is 1.30. The summed E-state index contributed by atoms with van der Waals surface area (Å²) in [6, 6.07) is 56.5. The van der Waals surface area contributed by atoms with Gasteiger partial charge in [0.25, 0.3) is 0 Å². The van der Waals surface area contributed by atoms with Crippen LogP contribution in [-0.4, -0.2) is 0 Å². The molecule has 0 heterocycles. The normalized spacial score (nSPS) is 13.3. The van der Waals surface area contributed by atoms with E-state index in [1.807, 2.05) is 0 Å². The molecule has 8 aromatic carbocycles. The lowest BCUT2D eigenvalue weighted by molar-refractivity contribution is 0.660. The van der Waals surface area contributed by atoms with Crippen molar-refractivity contribution in [3.8, 4) is 44.5 Å². The molecule has 0 aliphatic heterocycles. The molecule has 218 valence electrons. The highest BCUT2D eigenvalue weighted by Crippen LogP contribution is 2.54. The maximum atomic E-state index is 2.40. The third kappa shape index (κ3) is 3.93. The summed E-state index contributed by atoms with van der Waals surface area (Å²) in [6.45, 7) is 6.95. The minimum absolute atomic E-state index is 0.0454. The zero-order valence-electron chi connectivity index (χ0n) is 26.4. The highest BCUT2D eigenvalue weighted by molar-refractivity contribution is 6.23. The van der Waals surface area contributed by atoms with Gasteiger partial charge in [-0.2, -0.15) is 0 Å². The van der Waals surface area contributed by atoms with Crippen LogP contribution in [0.25, 0.3) is 76.8 Å². The van der Waals surface area contributed by atoms with Crippen LogP contribution in [0.3, 0.4) is 0 Å². The van der Waals surface area contributed by atoms with Crippen molar-refractivity contribution in [3.05, 3.63) is 168 Å². The largest absolute Gasteiger partial charge is 0.0619 e. The van der Waals surface area contributed by atoms with E-state index in [1.54, 1.807) is 0 Å². The van der Waals surface area contributed by atoms with Crippen LogP contribution in [0, 0.1) is 6.92 Å². The van der Waals surface area contributed by atoms with E-state index < -0.39 is 0 Å². The van der Waals surface area contributed by atoms with Crippen molar-refractivity contribution in [3.63, 3.8) is 0 Å². The van der Waals surface area contributed by atoms with E-state index in [1.165, 1.54) is 93.5 Å². The zero-order chi connectivity index (χ0) is 31.0. The molecular weight excluding hydrogens is 553 g/mol. The van der Waals surface area contributed by atoms with Crippen LogP contribution in [0.2, 0.25) is 0 Å². The molecule has 0 nitrogen and oxygen atoms in total. The predicted octanol–water partition coefficient (Wildman–Crippen LogP) is 12.8. The first-order valence-electron chi connectivity index (χ1n) is 16.3. The second kappa shape index (κ2) is 10.0. The number of aryl methyl sites for hydroxylation is 1. The molecule has 0 N–H and O–H groups in total. The van der Waals surface area contributed by atoms with Crippen LogP contribution in [0.1, 0.15) is 30.5 Å². The maximum Gasteiger partial charge on any atom is 0.0159 e. The van der Waals surface area contributed by atoms with E-state index >= 15 is 0 Å². The predicted molar refractivity (Wildman–Crippen MR) is 198 cm³/mol. The summed E-state index contributed by atoms with van der Waals surface area (Å²) in [6.07, 6.45) is 0. The monoisotopic (exact) mass is 586 g/mol. The molecule has 46 heavy (non-hydrogen) atoms. The van der Waals surface area contributed by atoms with Crippen molar-refractivity contribution >= 4 is 32.3 Å². The Labute approximate surface area is 270 Å². The Morgan fingerprint density at radius 2 is 0.978 bits per heavy atom. The van der Waals surface area contributed by atoms with Crippen molar-refractivity contribution in [2.75, 3.05) is 0 Å². The number of rotatable bonds is 3. The summed E-state index contributed by atoms with van der Waals surface area (Å²) >= 11 is 0. The standard InChI is InChI=1S/C46H34/c1-29-19-26-37-40(27-29)44(39-16-10-18-42-45(39)38-15-8-9-17-41(38)46(42,2)3)36-14-7-6-13-35(36)43(37)32-23-20-31(21-24-32)34-25-22-30-11-4-5-12-33(30)28-34/h4-28H,1-3H3. The molecule has 0 radical (unpaired) electrons. The fourth-order valence-corrected chi connectivity index (χ4v) is 8.05. The van der Waals surface area contributed by atoms with Gasteiger partial charge in [-0.1, -0.05) is 165 Å². The maximum absolute atomic E-state index is 2.40. The smallest absolute Gasteiger partial charge is 0.0159 e. The zero-order valence-corrected chi connectivity index (χ0v) is 26.4. The van der Waals surface area contributed by atoms with E-state index in [-0.39, 0.29) is 5.41 Å². The quantitative estimate of drug-likeness (QED) is 0.181. The molecule has 1 aliphatic rings. The number of hydrogen-bond acceptors (Lipinski definition) is 0. The summed E-state index contributed by atoms with van der Waals surface area (Å²) < 4.78 is 0. The second-order valence-electron chi connectivity index (χ2n) is 13.4. The molecule has 0 spiro atoms. The van der Waals surface area contributed by atoms with Crippen molar-refractivity contribution in [1.29, 1.82) is 0 Å². The summed E-state index contributed by atoms with van der Waals surface area (Å²) in [5.74, 6) is 0. The van der Waals surface area contributed by atoms with Gasteiger partial charge in [0.1, 0.15) is 0 Å². The van der Waals surface area contributed by atoms with Crippen LogP contribution < -0.4 is 0 Å². The minimum atomic E-state index is -0.0454. The van der Waals surface area contributed by atoms with E-state index in [0.29, 0.717) is 0 Å². The van der Waals surface area contributed by atoms with Crippen LogP contribution in [0.4, 0.5) is 0 Å². The summed E-state index contributed by atoms with van der Waals surface area (Å²) in [4.78, 5) is 0. The fraction of sp³-hybridized carbons (Fsp3) is 0.0870. The van der Waals surface area contributed by atoms with Gasteiger partial charge in [-0.25, -0.2) is 0 Å². The highest BCUT2D eigenvalue weighted by Gasteiger charge is 2.37. The van der Waals surface area contributed by atoms with E-state index in [0.717, 1.165) is 0 Å². The average Bonchev–Trinajstić information content (AvgIpc) is 3.33. The third-order valence-electron chi connectivity index (χ3n) is 10.3. The first kappa shape index (κ1) is 26.9. The Bertz CT molecular complexity index is 2490. The lowest BCUT2D eigenvalue weighted by Gasteiger charge is -2.23. The Morgan fingerprint density at radius 1 is 0.370 bits per heavy atom. The minimum Gasteiger partial charge on any atom is -0.0619 e. The number of fused-ring (bicyclic) bond motifs is 6. The van der Waals surface area contributed by atoms with Gasteiger partial charge in [0.2, 0.25) is 0 Å². The molecule has 0 fully saturated rings. The van der Waals surface area contributed by atoms with E-state index in [2.05, 4.69) is 172 Å². The van der Waals surface area contributed by atoms with Crippen LogP contribution in [0.15, 0.2) is 152 Å². The lowest BCUT2D eigenvalue weighted by Crippen LogP contribution is -2.14. The molecule has 0 heteroatoms. The van der Waals surface area contributed by atoms with Gasteiger partial charge >= 0.3 is 0 Å². The molecule has 0 atom stereocenters. The Hall–Kier alpha value is -5.46. The van der Waals surface area contributed by atoms with Gasteiger partial charge in [0, 0.05) is 5.41 Å². The molecule has 0 aromatic heterocycles. The molecule has 0 amide bonds. The Morgan fingerprint density at radius 3 is 1.80 bits per heavy atom. The first-order valence-corrected chi connectivity index (χ1v) is 16.3. The van der Waals surface area contributed by atoms with Crippen molar-refractivity contribution in [2.45, 2.75) is 26.2 Å². The van der Waals surface area contributed by atoms with Gasteiger partial charge < -0.3 is 0 Å². The molecule has 0 bridgehead atoms. The molecule has 0 saturated carbocycles. The summed E-state index contributed by atoms with van der Waals surface area (Å²) in [7, 11) is 0. The van der Waals surface area contributed by atoms with Crippen LogP contribution >= 0.6 is 0 Å². The number of hydrogen-bond donors (Lipinski definition) is 0. The SMILES string of the molecule is Cc1ccc2c(-c3ccc(-c4ccc5ccccc5c4)cc3)c3ccccc3c(-c3cccc4c3-c3ccccc3C4(C)C)c2c1. The third-order valence-corrected chi connectivity index (χ3v) is 10.3. The van der Waals surface area contributed by atoms with Gasteiger partial charge in [0.05, 0.1) is 0 Å². The average molecular weight is 587 g/mol. The summed E-state index contributed by atoms with van der Waals surface area (Å²) in [5, 5.41) is 7.72. The number of benzene rings is 8. The molecule has 1 aliphatic carbocycles. The lowest BCUT2D eigenvalue weighted by atomic mass is 9.80. The molecule has 8 aromatic rings. The van der Waals surface area contributed by atoms with E-state index in [4.69, 9.17) is 0 Å². The van der Waals surface area contributed by atoms with Crippen LogP contribution in [0.5, 0.6) is 0 Å². The van der Waals surface area contributed by atoms with Crippen LogP contribution in [-0.2, 0) is 5.41 Å². The highest BCUT2D eigenvalue weighted by atomic mass is 14.4. The van der Waals surface area contributed by atoms with Gasteiger partial charge in [-0.3, -0.25) is 0 Å².